The summed E-state index contributed by atoms with van der Waals surface area (Å²) in [5.74, 6) is -0.0453. The largest absolute Gasteiger partial charge is 0.466 e. The highest BCUT2D eigenvalue weighted by molar-refractivity contribution is 5.76. The topological polar surface area (TPSA) is 95.9 Å². The van der Waals surface area contributed by atoms with Gasteiger partial charge >= 0.3 is 5.97 Å². The summed E-state index contributed by atoms with van der Waals surface area (Å²) in [5, 5.41) is 23.3. The molecule has 0 rings (SSSR count). The smallest absolute Gasteiger partial charge is 0.305 e. The van der Waals surface area contributed by atoms with Crippen LogP contribution in [0.1, 0.15) is 463 Å². The van der Waals surface area contributed by atoms with Gasteiger partial charge in [-0.15, -0.1) is 0 Å². The van der Waals surface area contributed by atoms with Gasteiger partial charge in [0.25, 0.3) is 0 Å². The Hall–Kier alpha value is -2.18. The Morgan fingerprint density at radius 1 is 0.304 bits per heavy atom. The van der Waals surface area contributed by atoms with Gasteiger partial charge in [-0.05, 0) is 89.9 Å². The molecule has 0 heterocycles. The lowest BCUT2D eigenvalue weighted by molar-refractivity contribution is -0.143. The number of carbonyl (C=O) groups is 2. The van der Waals surface area contributed by atoms with Crippen LogP contribution in [0.15, 0.2) is 48.6 Å². The van der Waals surface area contributed by atoms with Crippen LogP contribution in [0.3, 0.4) is 0 Å². The molecule has 0 saturated heterocycles. The van der Waals surface area contributed by atoms with Crippen molar-refractivity contribution in [3.8, 4) is 0 Å². The van der Waals surface area contributed by atoms with E-state index in [1.807, 2.05) is 6.08 Å². The highest BCUT2D eigenvalue weighted by Gasteiger charge is 2.18. The van der Waals surface area contributed by atoms with Gasteiger partial charge in [0.15, 0.2) is 0 Å². The molecule has 1 amide bonds. The summed E-state index contributed by atoms with van der Waals surface area (Å²) in [4.78, 5) is 24.7. The van der Waals surface area contributed by atoms with E-state index < -0.39 is 12.1 Å². The van der Waals surface area contributed by atoms with Crippen LogP contribution >= 0.6 is 0 Å². The molecule has 0 spiro atoms. The van der Waals surface area contributed by atoms with Crippen LogP contribution in [0.2, 0.25) is 0 Å². The first-order valence-electron chi connectivity index (χ1n) is 41.9. The van der Waals surface area contributed by atoms with Crippen molar-refractivity contribution in [1.29, 1.82) is 0 Å². The van der Waals surface area contributed by atoms with Gasteiger partial charge in [0, 0.05) is 12.8 Å². The van der Waals surface area contributed by atoms with Crippen molar-refractivity contribution in [3.05, 3.63) is 48.6 Å². The number of carbonyl (C=O) groups excluding carboxylic acids is 2. The summed E-state index contributed by atoms with van der Waals surface area (Å²) >= 11 is 0. The van der Waals surface area contributed by atoms with Crippen LogP contribution in [0, 0.1) is 0 Å². The summed E-state index contributed by atoms with van der Waals surface area (Å²) in [6.07, 6.45) is 108. The second-order valence-electron chi connectivity index (χ2n) is 28.8. The van der Waals surface area contributed by atoms with E-state index in [9.17, 15) is 19.8 Å². The monoisotopic (exact) mass is 1290 g/mol. The Bertz CT molecular complexity index is 1540. The van der Waals surface area contributed by atoms with Gasteiger partial charge in [-0.1, -0.05) is 409 Å². The van der Waals surface area contributed by atoms with Crippen molar-refractivity contribution < 1.29 is 24.5 Å². The third kappa shape index (κ3) is 76.8. The zero-order valence-corrected chi connectivity index (χ0v) is 62.3. The highest BCUT2D eigenvalue weighted by atomic mass is 16.5. The van der Waals surface area contributed by atoms with Crippen molar-refractivity contribution in [2.75, 3.05) is 13.2 Å². The van der Waals surface area contributed by atoms with Gasteiger partial charge in [-0.3, -0.25) is 9.59 Å². The number of unbranched alkanes of at least 4 members (excludes halogenated alkanes) is 62. The van der Waals surface area contributed by atoms with Crippen molar-refractivity contribution >= 4 is 11.9 Å². The quantitative estimate of drug-likeness (QED) is 0.0320. The number of ether oxygens (including phenoxy) is 1. The first kappa shape index (κ1) is 89.8. The zero-order valence-electron chi connectivity index (χ0n) is 62.3. The van der Waals surface area contributed by atoms with Gasteiger partial charge in [-0.2, -0.15) is 0 Å². The Labute approximate surface area is 576 Å². The van der Waals surface area contributed by atoms with Crippen LogP contribution in [-0.4, -0.2) is 47.4 Å². The molecule has 0 aliphatic rings. The predicted octanol–water partition coefficient (Wildman–Crippen LogP) is 27.9. The highest BCUT2D eigenvalue weighted by Crippen LogP contribution is 2.20. The predicted molar refractivity (Wildman–Crippen MR) is 407 cm³/mol. The fourth-order valence-corrected chi connectivity index (χ4v) is 13.2. The minimum absolute atomic E-state index is 0.0145. The maximum absolute atomic E-state index is 12.5. The van der Waals surface area contributed by atoms with Crippen molar-refractivity contribution in [2.45, 2.75) is 475 Å². The SMILES string of the molecule is CCCCCC/C=C\C/C=C\CCCCCCCCCC(=O)OCCCCCCCCCCCCCCCCCC/C=C\CCCCCCCCCCCCCCCCCCCC(=O)NC(CO)C(O)/C=C/CCCCCCCCCCCCCCCCCCCC. The number of aliphatic hydroxyl groups is 2. The third-order valence-corrected chi connectivity index (χ3v) is 19.6. The summed E-state index contributed by atoms with van der Waals surface area (Å²) in [7, 11) is 0. The molecular formula is C86H163NO5. The molecule has 0 aliphatic carbocycles. The maximum Gasteiger partial charge on any atom is 0.305 e. The van der Waals surface area contributed by atoms with E-state index in [1.54, 1.807) is 6.08 Å². The summed E-state index contributed by atoms with van der Waals surface area (Å²) in [5.41, 5.74) is 0. The molecule has 0 radical (unpaired) electrons. The molecule has 0 saturated carbocycles. The fraction of sp³-hybridized carbons (Fsp3) is 0.884. The van der Waals surface area contributed by atoms with Crippen LogP contribution < -0.4 is 5.32 Å². The van der Waals surface area contributed by atoms with E-state index >= 15 is 0 Å². The van der Waals surface area contributed by atoms with Gasteiger partial charge in [0.2, 0.25) is 5.91 Å². The number of esters is 1. The van der Waals surface area contributed by atoms with Gasteiger partial charge in [-0.25, -0.2) is 0 Å². The molecule has 92 heavy (non-hydrogen) atoms. The second-order valence-corrected chi connectivity index (χ2v) is 28.8. The number of allylic oxidation sites excluding steroid dienone is 7. The summed E-state index contributed by atoms with van der Waals surface area (Å²) in [6.45, 7) is 4.93. The standard InChI is InChI=1S/C86H163NO5/c1-3-5-7-9-11-13-15-17-19-21-23-43-46-50-54-58-62-66-70-74-78-84(89)83(82-88)87-85(90)79-75-71-67-63-59-55-51-47-44-41-39-37-35-33-31-29-27-25-24-26-28-30-32-34-36-38-40-42-45-49-53-57-61-65-69-73-77-81-92-86(91)80-76-72-68-64-60-56-52-48-22-20-18-16-14-12-10-8-6-4-2/h14,16,20,22,24,26,74,78,83-84,88-89H,3-13,15,17-19,21,23,25,27-73,75-77,79-82H2,1-2H3,(H,87,90)/b16-14-,22-20-,26-24-,78-74+. The van der Waals surface area contributed by atoms with E-state index in [-0.39, 0.29) is 18.5 Å². The lowest BCUT2D eigenvalue weighted by Gasteiger charge is -2.20. The van der Waals surface area contributed by atoms with Crippen molar-refractivity contribution in [2.24, 2.45) is 0 Å². The van der Waals surface area contributed by atoms with Gasteiger partial charge in [0.1, 0.15) is 0 Å². The first-order valence-corrected chi connectivity index (χ1v) is 41.9. The van der Waals surface area contributed by atoms with Crippen LogP contribution in [0.25, 0.3) is 0 Å². The average Bonchev–Trinajstić information content (AvgIpc) is 3.77. The normalized spacial score (nSPS) is 12.7. The number of nitrogens with one attached hydrogen (secondary N) is 1. The number of rotatable bonds is 79. The molecular weight excluding hydrogens is 1130 g/mol. The van der Waals surface area contributed by atoms with Crippen LogP contribution in [-0.2, 0) is 14.3 Å². The molecule has 0 aliphatic heterocycles. The zero-order chi connectivity index (χ0) is 66.3. The molecule has 6 nitrogen and oxygen atoms in total. The van der Waals surface area contributed by atoms with E-state index in [2.05, 4.69) is 55.6 Å². The number of amides is 1. The van der Waals surface area contributed by atoms with Crippen LogP contribution in [0.4, 0.5) is 0 Å². The average molecular weight is 1290 g/mol. The molecule has 3 N–H and O–H groups in total. The number of aliphatic hydroxyl groups excluding tert-OH is 2. The van der Waals surface area contributed by atoms with Gasteiger partial charge in [0.05, 0.1) is 25.4 Å². The maximum atomic E-state index is 12.5. The molecule has 0 fully saturated rings. The Morgan fingerprint density at radius 2 is 0.543 bits per heavy atom. The Balaban J connectivity index is 3.35. The Kier molecular flexibility index (Phi) is 79.3. The Morgan fingerprint density at radius 3 is 0.848 bits per heavy atom. The van der Waals surface area contributed by atoms with E-state index in [0.29, 0.717) is 19.4 Å². The molecule has 0 aromatic heterocycles. The molecule has 6 heteroatoms. The molecule has 0 aromatic rings. The molecule has 2 atom stereocenters. The third-order valence-electron chi connectivity index (χ3n) is 19.6. The fourth-order valence-electron chi connectivity index (χ4n) is 13.2. The number of hydrogen-bond acceptors (Lipinski definition) is 5. The lowest BCUT2D eigenvalue weighted by Crippen LogP contribution is -2.45. The molecule has 0 bridgehead atoms. The van der Waals surface area contributed by atoms with Gasteiger partial charge < -0.3 is 20.3 Å². The molecule has 2 unspecified atom stereocenters. The van der Waals surface area contributed by atoms with E-state index in [1.165, 1.54) is 385 Å². The molecule has 542 valence electrons. The summed E-state index contributed by atoms with van der Waals surface area (Å²) in [6, 6.07) is -0.626. The lowest BCUT2D eigenvalue weighted by atomic mass is 10.0. The second kappa shape index (κ2) is 81.2. The van der Waals surface area contributed by atoms with Crippen LogP contribution in [0.5, 0.6) is 0 Å². The first-order chi connectivity index (χ1) is 45.5. The van der Waals surface area contributed by atoms with Crippen molar-refractivity contribution in [3.63, 3.8) is 0 Å². The van der Waals surface area contributed by atoms with Crippen molar-refractivity contribution in [1.82, 2.24) is 5.32 Å². The van der Waals surface area contributed by atoms with E-state index in [4.69, 9.17) is 4.74 Å². The minimum atomic E-state index is -0.843. The summed E-state index contributed by atoms with van der Waals surface area (Å²) < 4.78 is 5.51. The minimum Gasteiger partial charge on any atom is -0.466 e. The van der Waals surface area contributed by atoms with E-state index in [0.717, 1.165) is 51.4 Å². The molecule has 0 aromatic carbocycles. The number of hydrogen-bond donors (Lipinski definition) is 3.